The summed E-state index contributed by atoms with van der Waals surface area (Å²) in [5.74, 6) is 1.42. The minimum Gasteiger partial charge on any atom is -0.497 e. The maximum atomic E-state index is 6.17. The third kappa shape index (κ3) is 4.06. The quantitative estimate of drug-likeness (QED) is 0.653. The summed E-state index contributed by atoms with van der Waals surface area (Å²) in [7, 11) is 5.41. The normalized spacial score (nSPS) is 11.2. The largest absolute Gasteiger partial charge is 0.497 e. The molecular formula is C16H17Cl2N3O. The average molecular weight is 338 g/mol. The summed E-state index contributed by atoms with van der Waals surface area (Å²) in [6, 6.07) is 12.9. The minimum atomic E-state index is 0.503. The molecule has 1 N–H and O–H groups in total. The lowest BCUT2D eigenvalue weighted by atomic mass is 10.3. The number of para-hydroxylation sites is 1. The van der Waals surface area contributed by atoms with E-state index in [1.807, 2.05) is 43.3 Å². The van der Waals surface area contributed by atoms with Crippen molar-refractivity contribution in [1.82, 2.24) is 4.90 Å². The molecule has 2 aromatic carbocycles. The first kappa shape index (κ1) is 16.5. The van der Waals surface area contributed by atoms with Gasteiger partial charge in [0.15, 0.2) is 0 Å². The molecule has 0 saturated carbocycles. The Kier molecular flexibility index (Phi) is 5.52. The highest BCUT2D eigenvalue weighted by Gasteiger charge is 2.09. The van der Waals surface area contributed by atoms with Crippen LogP contribution in [0, 0.1) is 0 Å². The molecule has 0 aliphatic rings. The molecule has 0 amide bonds. The second kappa shape index (κ2) is 7.38. The van der Waals surface area contributed by atoms with Crippen molar-refractivity contribution in [2.45, 2.75) is 0 Å². The summed E-state index contributed by atoms with van der Waals surface area (Å²) in [5.41, 5.74) is 1.42. The first-order valence-electron chi connectivity index (χ1n) is 6.62. The minimum absolute atomic E-state index is 0.503. The van der Waals surface area contributed by atoms with Crippen molar-refractivity contribution in [3.05, 3.63) is 52.5 Å². The van der Waals surface area contributed by atoms with E-state index in [1.165, 1.54) is 0 Å². The standard InChI is InChI=1S/C16H17Cl2N3O/c1-21(2)16(19-11-7-9-12(22-3)10-8-11)20-15-13(17)5-4-6-14(15)18/h4-10H,1-3H3,(H,19,20). The Balaban J connectivity index is 2.31. The van der Waals surface area contributed by atoms with E-state index in [0.29, 0.717) is 21.7 Å². The molecule has 0 spiro atoms. The molecule has 0 aromatic heterocycles. The van der Waals surface area contributed by atoms with Crippen LogP contribution in [-0.4, -0.2) is 32.1 Å². The topological polar surface area (TPSA) is 36.9 Å². The third-order valence-corrected chi connectivity index (χ3v) is 3.54. The second-order valence-corrected chi connectivity index (χ2v) is 5.57. The molecule has 0 saturated heterocycles. The van der Waals surface area contributed by atoms with E-state index in [1.54, 1.807) is 25.3 Å². The molecule has 0 aliphatic heterocycles. The number of methoxy groups -OCH3 is 1. The first-order chi connectivity index (χ1) is 10.5. The lowest BCUT2D eigenvalue weighted by molar-refractivity contribution is 0.415. The van der Waals surface area contributed by atoms with Gasteiger partial charge in [0.1, 0.15) is 11.4 Å². The van der Waals surface area contributed by atoms with Gasteiger partial charge in [0.25, 0.3) is 0 Å². The van der Waals surface area contributed by atoms with E-state index < -0.39 is 0 Å². The van der Waals surface area contributed by atoms with Crippen molar-refractivity contribution < 1.29 is 4.74 Å². The van der Waals surface area contributed by atoms with Gasteiger partial charge in [-0.15, -0.1) is 0 Å². The van der Waals surface area contributed by atoms with Crippen LogP contribution in [0.4, 0.5) is 11.4 Å². The number of ether oxygens (including phenoxy) is 1. The Bertz CT molecular complexity index is 649. The molecule has 22 heavy (non-hydrogen) atoms. The van der Waals surface area contributed by atoms with Gasteiger partial charge in [-0.25, -0.2) is 4.99 Å². The maximum Gasteiger partial charge on any atom is 0.203 e. The fraction of sp³-hybridized carbons (Fsp3) is 0.188. The van der Waals surface area contributed by atoms with E-state index >= 15 is 0 Å². The molecule has 0 atom stereocenters. The van der Waals surface area contributed by atoms with E-state index in [2.05, 4.69) is 10.3 Å². The Morgan fingerprint density at radius 1 is 1.05 bits per heavy atom. The molecule has 0 fully saturated rings. The van der Waals surface area contributed by atoms with Crippen LogP contribution in [0.2, 0.25) is 10.0 Å². The van der Waals surface area contributed by atoms with Gasteiger partial charge < -0.3 is 15.0 Å². The van der Waals surface area contributed by atoms with Crippen molar-refractivity contribution in [3.63, 3.8) is 0 Å². The predicted octanol–water partition coefficient (Wildman–Crippen LogP) is 4.66. The Morgan fingerprint density at radius 3 is 2.14 bits per heavy atom. The van der Waals surface area contributed by atoms with Gasteiger partial charge in [0.05, 0.1) is 17.2 Å². The van der Waals surface area contributed by atoms with Crippen LogP contribution in [0.1, 0.15) is 0 Å². The van der Waals surface area contributed by atoms with Gasteiger partial charge in [-0.1, -0.05) is 29.3 Å². The van der Waals surface area contributed by atoms with Crippen LogP contribution in [0.5, 0.6) is 5.75 Å². The fourth-order valence-electron chi connectivity index (χ4n) is 1.74. The second-order valence-electron chi connectivity index (χ2n) is 4.75. The van der Waals surface area contributed by atoms with Gasteiger partial charge >= 0.3 is 0 Å². The molecule has 2 aromatic rings. The smallest absolute Gasteiger partial charge is 0.203 e. The molecule has 0 heterocycles. The van der Waals surface area contributed by atoms with Crippen LogP contribution in [0.25, 0.3) is 0 Å². The van der Waals surface area contributed by atoms with Gasteiger partial charge in [-0.2, -0.15) is 0 Å². The van der Waals surface area contributed by atoms with E-state index in [0.717, 1.165) is 11.4 Å². The number of nitrogens with zero attached hydrogens (tertiary/aromatic N) is 2. The Hall–Kier alpha value is -1.91. The highest BCUT2D eigenvalue weighted by Crippen LogP contribution is 2.33. The van der Waals surface area contributed by atoms with E-state index in [9.17, 15) is 0 Å². The van der Waals surface area contributed by atoms with E-state index in [-0.39, 0.29) is 0 Å². The van der Waals surface area contributed by atoms with Gasteiger partial charge in [-0.3, -0.25) is 0 Å². The first-order valence-corrected chi connectivity index (χ1v) is 7.38. The Morgan fingerprint density at radius 2 is 1.64 bits per heavy atom. The van der Waals surface area contributed by atoms with Crippen LogP contribution >= 0.6 is 23.2 Å². The van der Waals surface area contributed by atoms with Gasteiger partial charge in [-0.05, 0) is 36.4 Å². The number of hydrogen-bond donors (Lipinski definition) is 1. The van der Waals surface area contributed by atoms with Crippen LogP contribution in [0.15, 0.2) is 47.5 Å². The zero-order valence-electron chi connectivity index (χ0n) is 12.6. The van der Waals surface area contributed by atoms with Crippen molar-refractivity contribution in [1.29, 1.82) is 0 Å². The van der Waals surface area contributed by atoms with Crippen molar-refractivity contribution >= 4 is 40.5 Å². The lowest BCUT2D eigenvalue weighted by Crippen LogP contribution is -2.29. The lowest BCUT2D eigenvalue weighted by Gasteiger charge is -2.18. The number of rotatable bonds is 3. The summed E-state index contributed by atoms with van der Waals surface area (Å²) < 4.78 is 5.15. The molecule has 116 valence electrons. The summed E-state index contributed by atoms with van der Waals surface area (Å²) in [6.07, 6.45) is 0. The number of benzene rings is 2. The summed E-state index contributed by atoms with van der Waals surface area (Å²) >= 11 is 12.3. The zero-order valence-corrected chi connectivity index (χ0v) is 14.1. The van der Waals surface area contributed by atoms with Crippen molar-refractivity contribution in [3.8, 4) is 5.75 Å². The summed E-state index contributed by atoms with van der Waals surface area (Å²) in [5, 5.41) is 4.24. The average Bonchev–Trinajstić information content (AvgIpc) is 2.50. The van der Waals surface area contributed by atoms with Crippen LogP contribution in [0.3, 0.4) is 0 Å². The zero-order chi connectivity index (χ0) is 16.1. The van der Waals surface area contributed by atoms with Crippen molar-refractivity contribution in [2.24, 2.45) is 4.99 Å². The predicted molar refractivity (Wildman–Crippen MR) is 93.9 cm³/mol. The fourth-order valence-corrected chi connectivity index (χ4v) is 2.23. The van der Waals surface area contributed by atoms with Gasteiger partial charge in [0, 0.05) is 19.8 Å². The number of guanidine groups is 1. The molecule has 4 nitrogen and oxygen atoms in total. The summed E-state index contributed by atoms with van der Waals surface area (Å²) in [4.78, 5) is 6.38. The molecule has 0 unspecified atom stereocenters. The highest BCUT2D eigenvalue weighted by atomic mass is 35.5. The number of hydrogen-bond acceptors (Lipinski definition) is 2. The molecule has 6 heteroatoms. The number of anilines is 1. The SMILES string of the molecule is COc1ccc(NC(=Nc2c(Cl)cccc2Cl)N(C)C)cc1. The van der Waals surface area contributed by atoms with Crippen molar-refractivity contribution in [2.75, 3.05) is 26.5 Å². The third-order valence-electron chi connectivity index (χ3n) is 2.93. The number of halogens is 2. The number of nitrogens with one attached hydrogen (secondary N) is 1. The van der Waals surface area contributed by atoms with Crippen LogP contribution in [-0.2, 0) is 0 Å². The highest BCUT2D eigenvalue weighted by molar-refractivity contribution is 6.38. The monoisotopic (exact) mass is 337 g/mol. The molecule has 0 bridgehead atoms. The van der Waals surface area contributed by atoms with Gasteiger partial charge in [0.2, 0.25) is 5.96 Å². The van der Waals surface area contributed by atoms with E-state index in [4.69, 9.17) is 27.9 Å². The molecule has 0 radical (unpaired) electrons. The van der Waals surface area contributed by atoms with Crippen LogP contribution < -0.4 is 10.1 Å². The Labute approximate surface area is 140 Å². The molecule has 2 rings (SSSR count). The molecule has 0 aliphatic carbocycles. The summed E-state index contributed by atoms with van der Waals surface area (Å²) in [6.45, 7) is 0. The maximum absolute atomic E-state index is 6.17. The molecular weight excluding hydrogens is 321 g/mol. The number of aliphatic imine (C=N–C) groups is 1.